The zero-order valence-electron chi connectivity index (χ0n) is 9.06. The molecule has 0 aromatic rings. The molecule has 0 bridgehead atoms. The van der Waals surface area contributed by atoms with Gasteiger partial charge in [0.15, 0.2) is 0 Å². The Labute approximate surface area is 89.7 Å². The minimum Gasteiger partial charge on any atom is -0.444 e. The van der Waals surface area contributed by atoms with Gasteiger partial charge in [-0.05, 0) is 26.3 Å². The second kappa shape index (κ2) is 3.93. The lowest BCUT2D eigenvalue weighted by molar-refractivity contribution is 0.141. The molecule has 1 saturated heterocycles. The highest BCUT2D eigenvalue weighted by molar-refractivity contribution is 5.73. The van der Waals surface area contributed by atoms with Crippen LogP contribution >= 0.6 is 0 Å². The Bertz CT molecular complexity index is 366. The number of ether oxygens (including phenoxy) is 1. The van der Waals surface area contributed by atoms with Crippen molar-refractivity contribution in [1.29, 1.82) is 0 Å². The second-order valence-corrected chi connectivity index (χ2v) is 3.95. The SMILES string of the molecule is CC1=CCC=C(N2C[C@H](C)OC2=O)C=C1. The smallest absolute Gasteiger partial charge is 0.414 e. The number of hydrogen-bond donors (Lipinski definition) is 0. The van der Waals surface area contributed by atoms with Gasteiger partial charge in [-0.25, -0.2) is 4.79 Å². The third-order valence-corrected chi connectivity index (χ3v) is 2.56. The fourth-order valence-electron chi connectivity index (χ4n) is 1.73. The Kier molecular flexibility index (Phi) is 2.62. The van der Waals surface area contributed by atoms with Crippen molar-refractivity contribution in [3.63, 3.8) is 0 Å². The Hall–Kier alpha value is -1.51. The van der Waals surface area contributed by atoms with E-state index in [1.807, 2.05) is 25.2 Å². The zero-order valence-corrected chi connectivity index (χ0v) is 9.06. The van der Waals surface area contributed by atoms with Crippen LogP contribution in [0.4, 0.5) is 4.79 Å². The first kappa shape index (κ1) is 10.0. The molecule has 0 saturated carbocycles. The number of allylic oxidation sites excluding steroid dienone is 5. The maximum absolute atomic E-state index is 11.5. The van der Waals surface area contributed by atoms with Crippen molar-refractivity contribution in [3.8, 4) is 0 Å². The van der Waals surface area contributed by atoms with E-state index in [1.165, 1.54) is 5.57 Å². The van der Waals surface area contributed by atoms with Crippen LogP contribution in [-0.2, 0) is 4.74 Å². The molecule has 0 aromatic carbocycles. The van der Waals surface area contributed by atoms with E-state index >= 15 is 0 Å². The summed E-state index contributed by atoms with van der Waals surface area (Å²) in [5.74, 6) is 0. The van der Waals surface area contributed by atoms with E-state index in [9.17, 15) is 4.79 Å². The number of rotatable bonds is 1. The van der Waals surface area contributed by atoms with Crippen molar-refractivity contribution < 1.29 is 9.53 Å². The van der Waals surface area contributed by atoms with Gasteiger partial charge in [-0.1, -0.05) is 23.8 Å². The first-order chi connectivity index (χ1) is 7.16. The molecule has 1 aliphatic carbocycles. The van der Waals surface area contributed by atoms with E-state index in [2.05, 4.69) is 13.0 Å². The maximum Gasteiger partial charge on any atom is 0.414 e. The monoisotopic (exact) mass is 205 g/mol. The lowest BCUT2D eigenvalue weighted by Gasteiger charge is -2.13. The van der Waals surface area contributed by atoms with Crippen molar-refractivity contribution in [1.82, 2.24) is 4.90 Å². The summed E-state index contributed by atoms with van der Waals surface area (Å²) in [5, 5.41) is 0. The fourth-order valence-corrected chi connectivity index (χ4v) is 1.73. The van der Waals surface area contributed by atoms with Crippen molar-refractivity contribution in [2.24, 2.45) is 0 Å². The van der Waals surface area contributed by atoms with Crippen LogP contribution in [0, 0.1) is 0 Å². The Morgan fingerprint density at radius 1 is 1.40 bits per heavy atom. The number of cyclic esters (lactones) is 1. The standard InChI is InChI=1S/C12H15NO2/c1-9-4-3-5-11(7-6-9)13-8-10(2)15-12(13)14/h4-7,10H,3,8H2,1-2H3/t10-/m0/s1. The number of carbonyl (C=O) groups is 1. The largest absolute Gasteiger partial charge is 0.444 e. The van der Waals surface area contributed by atoms with Crippen LogP contribution in [0.5, 0.6) is 0 Å². The van der Waals surface area contributed by atoms with E-state index in [0.717, 1.165) is 12.1 Å². The van der Waals surface area contributed by atoms with Gasteiger partial charge in [-0.2, -0.15) is 0 Å². The molecule has 1 heterocycles. The van der Waals surface area contributed by atoms with Gasteiger partial charge in [0.05, 0.1) is 6.54 Å². The van der Waals surface area contributed by atoms with Gasteiger partial charge in [0.1, 0.15) is 6.10 Å². The Morgan fingerprint density at radius 2 is 2.20 bits per heavy atom. The molecular weight excluding hydrogens is 190 g/mol. The van der Waals surface area contributed by atoms with Crippen molar-refractivity contribution in [2.75, 3.05) is 6.54 Å². The van der Waals surface area contributed by atoms with Gasteiger partial charge >= 0.3 is 6.09 Å². The number of carbonyl (C=O) groups excluding carboxylic acids is 1. The zero-order chi connectivity index (χ0) is 10.8. The molecule has 1 atom stereocenters. The highest BCUT2D eigenvalue weighted by atomic mass is 16.6. The number of hydrogen-bond acceptors (Lipinski definition) is 2. The second-order valence-electron chi connectivity index (χ2n) is 3.95. The van der Waals surface area contributed by atoms with E-state index in [0.29, 0.717) is 6.54 Å². The van der Waals surface area contributed by atoms with E-state index < -0.39 is 0 Å². The maximum atomic E-state index is 11.5. The average molecular weight is 205 g/mol. The normalized spacial score (nSPS) is 25.9. The van der Waals surface area contributed by atoms with Gasteiger partial charge in [0.2, 0.25) is 0 Å². The molecule has 0 unspecified atom stereocenters. The highest BCUT2D eigenvalue weighted by Crippen LogP contribution is 2.20. The van der Waals surface area contributed by atoms with Crippen LogP contribution in [-0.4, -0.2) is 23.6 Å². The van der Waals surface area contributed by atoms with Gasteiger partial charge in [0.25, 0.3) is 0 Å². The summed E-state index contributed by atoms with van der Waals surface area (Å²) in [6.07, 6.45) is 8.79. The van der Waals surface area contributed by atoms with Gasteiger partial charge in [0, 0.05) is 5.70 Å². The number of amides is 1. The summed E-state index contributed by atoms with van der Waals surface area (Å²) in [6.45, 7) is 4.61. The van der Waals surface area contributed by atoms with Crippen LogP contribution in [0.3, 0.4) is 0 Å². The summed E-state index contributed by atoms with van der Waals surface area (Å²) in [7, 11) is 0. The van der Waals surface area contributed by atoms with E-state index in [-0.39, 0.29) is 12.2 Å². The Morgan fingerprint density at radius 3 is 2.87 bits per heavy atom. The molecule has 2 aliphatic rings. The summed E-state index contributed by atoms with van der Waals surface area (Å²) < 4.78 is 5.09. The molecule has 80 valence electrons. The molecule has 0 spiro atoms. The van der Waals surface area contributed by atoms with Gasteiger partial charge < -0.3 is 4.74 Å². The molecule has 0 radical (unpaired) electrons. The molecule has 1 fully saturated rings. The third kappa shape index (κ3) is 2.12. The van der Waals surface area contributed by atoms with Crippen LogP contribution < -0.4 is 0 Å². The molecule has 1 aliphatic heterocycles. The Balaban J connectivity index is 2.15. The average Bonchev–Trinajstić information content (AvgIpc) is 2.39. The molecule has 15 heavy (non-hydrogen) atoms. The summed E-state index contributed by atoms with van der Waals surface area (Å²) >= 11 is 0. The minimum absolute atomic E-state index is 0.0101. The summed E-state index contributed by atoms with van der Waals surface area (Å²) in [4.78, 5) is 13.2. The minimum atomic E-state index is -0.238. The predicted molar refractivity (Wildman–Crippen MR) is 58.2 cm³/mol. The molecule has 2 rings (SSSR count). The van der Waals surface area contributed by atoms with Crippen LogP contribution in [0.1, 0.15) is 20.3 Å². The summed E-state index contributed by atoms with van der Waals surface area (Å²) in [6, 6.07) is 0. The van der Waals surface area contributed by atoms with Gasteiger partial charge in [-0.3, -0.25) is 4.90 Å². The highest BCUT2D eigenvalue weighted by Gasteiger charge is 2.29. The van der Waals surface area contributed by atoms with Crippen LogP contribution in [0.15, 0.2) is 35.6 Å². The van der Waals surface area contributed by atoms with Crippen LogP contribution in [0.2, 0.25) is 0 Å². The molecule has 0 N–H and O–H groups in total. The fraction of sp³-hybridized carbons (Fsp3) is 0.417. The molecular formula is C12H15NO2. The van der Waals surface area contributed by atoms with Crippen LogP contribution in [0.25, 0.3) is 0 Å². The third-order valence-electron chi connectivity index (χ3n) is 2.56. The predicted octanol–water partition coefficient (Wildman–Crippen LogP) is 2.62. The molecule has 1 amide bonds. The number of nitrogens with zero attached hydrogens (tertiary/aromatic N) is 1. The quantitative estimate of drug-likeness (QED) is 0.658. The van der Waals surface area contributed by atoms with Crippen molar-refractivity contribution >= 4 is 6.09 Å². The first-order valence-electron chi connectivity index (χ1n) is 5.20. The summed E-state index contributed by atoms with van der Waals surface area (Å²) in [5.41, 5.74) is 2.17. The lowest BCUT2D eigenvalue weighted by Crippen LogP contribution is -2.23. The van der Waals surface area contributed by atoms with Crippen molar-refractivity contribution in [2.45, 2.75) is 26.4 Å². The van der Waals surface area contributed by atoms with E-state index in [1.54, 1.807) is 4.90 Å². The molecule has 3 nitrogen and oxygen atoms in total. The first-order valence-corrected chi connectivity index (χ1v) is 5.20. The molecule has 0 aromatic heterocycles. The molecule has 3 heteroatoms. The topological polar surface area (TPSA) is 29.5 Å². The lowest BCUT2D eigenvalue weighted by atomic mass is 10.2. The van der Waals surface area contributed by atoms with Crippen molar-refractivity contribution in [3.05, 3.63) is 35.6 Å². The van der Waals surface area contributed by atoms with E-state index in [4.69, 9.17) is 4.74 Å². The van der Waals surface area contributed by atoms with Gasteiger partial charge in [-0.15, -0.1) is 0 Å².